The molecule has 0 aliphatic heterocycles. The van der Waals surface area contributed by atoms with Gasteiger partial charge in [0.15, 0.2) is 6.79 Å². The SMILES string of the molecule is NCC#Cc1cncc(OCOCC2CC2)c1. The van der Waals surface area contributed by atoms with E-state index in [9.17, 15) is 0 Å². The summed E-state index contributed by atoms with van der Waals surface area (Å²) in [5, 5.41) is 0. The fourth-order valence-electron chi connectivity index (χ4n) is 1.33. The average Bonchev–Trinajstić information content (AvgIpc) is 3.17. The number of nitrogens with zero attached hydrogens (tertiary/aromatic N) is 1. The van der Waals surface area contributed by atoms with Crippen LogP contribution in [-0.2, 0) is 4.74 Å². The molecule has 0 saturated heterocycles. The van der Waals surface area contributed by atoms with Crippen molar-refractivity contribution >= 4 is 0 Å². The predicted octanol–water partition coefficient (Wildman–Crippen LogP) is 1.15. The fourth-order valence-corrected chi connectivity index (χ4v) is 1.33. The summed E-state index contributed by atoms with van der Waals surface area (Å²) in [6.45, 7) is 1.40. The largest absolute Gasteiger partial charge is 0.466 e. The zero-order chi connectivity index (χ0) is 11.9. The topological polar surface area (TPSA) is 57.4 Å². The first-order chi connectivity index (χ1) is 8.38. The molecule has 4 nitrogen and oxygen atoms in total. The lowest BCUT2D eigenvalue weighted by molar-refractivity contribution is 0.00978. The van der Waals surface area contributed by atoms with Gasteiger partial charge >= 0.3 is 0 Å². The Morgan fingerprint density at radius 3 is 3.06 bits per heavy atom. The van der Waals surface area contributed by atoms with E-state index in [1.807, 2.05) is 6.07 Å². The third kappa shape index (κ3) is 4.43. The lowest BCUT2D eigenvalue weighted by Crippen LogP contribution is -2.05. The molecule has 0 radical (unpaired) electrons. The number of nitrogens with two attached hydrogens (primary N) is 1. The smallest absolute Gasteiger partial charge is 0.189 e. The molecule has 2 N–H and O–H groups in total. The van der Waals surface area contributed by atoms with Gasteiger partial charge in [0, 0.05) is 11.8 Å². The molecule has 17 heavy (non-hydrogen) atoms. The Hall–Kier alpha value is -1.57. The van der Waals surface area contributed by atoms with Crippen molar-refractivity contribution in [2.24, 2.45) is 11.7 Å². The molecule has 1 aliphatic carbocycles. The Morgan fingerprint density at radius 2 is 2.29 bits per heavy atom. The average molecular weight is 232 g/mol. The molecule has 2 rings (SSSR count). The maximum atomic E-state index is 5.42. The van der Waals surface area contributed by atoms with Crippen LogP contribution in [0.3, 0.4) is 0 Å². The van der Waals surface area contributed by atoms with Gasteiger partial charge in [-0.1, -0.05) is 11.8 Å². The van der Waals surface area contributed by atoms with Crippen LogP contribution in [0.4, 0.5) is 0 Å². The van der Waals surface area contributed by atoms with Crippen molar-refractivity contribution < 1.29 is 9.47 Å². The van der Waals surface area contributed by atoms with Gasteiger partial charge in [0.25, 0.3) is 0 Å². The predicted molar refractivity (Wildman–Crippen MR) is 64.3 cm³/mol. The zero-order valence-electron chi connectivity index (χ0n) is 9.69. The molecule has 0 spiro atoms. The Bertz CT molecular complexity index is 419. The minimum Gasteiger partial charge on any atom is -0.466 e. The molecule has 1 fully saturated rings. The standard InChI is InChI=1S/C13H16N2O2/c14-5-1-2-12-6-13(8-15-7-12)17-10-16-9-11-3-4-11/h6-8,11H,3-5,9-10,14H2. The third-order valence-electron chi connectivity index (χ3n) is 2.41. The Labute approximate surface area is 101 Å². The van der Waals surface area contributed by atoms with Crippen LogP contribution in [0.2, 0.25) is 0 Å². The van der Waals surface area contributed by atoms with Crippen LogP contribution in [0, 0.1) is 17.8 Å². The van der Waals surface area contributed by atoms with E-state index in [1.165, 1.54) is 12.8 Å². The summed E-state index contributed by atoms with van der Waals surface area (Å²) in [5.74, 6) is 7.10. The van der Waals surface area contributed by atoms with E-state index in [1.54, 1.807) is 12.4 Å². The second-order valence-corrected chi connectivity index (χ2v) is 3.99. The van der Waals surface area contributed by atoms with Crippen molar-refractivity contribution in [1.29, 1.82) is 0 Å². The van der Waals surface area contributed by atoms with Crippen LogP contribution in [0.1, 0.15) is 18.4 Å². The van der Waals surface area contributed by atoms with Crippen molar-refractivity contribution in [3.05, 3.63) is 24.0 Å². The van der Waals surface area contributed by atoms with Crippen molar-refractivity contribution in [3.63, 3.8) is 0 Å². The normalized spacial score (nSPS) is 13.9. The molecule has 0 atom stereocenters. The summed E-state index contributed by atoms with van der Waals surface area (Å²) in [6, 6.07) is 1.83. The molecule has 1 heterocycles. The Balaban J connectivity index is 1.78. The van der Waals surface area contributed by atoms with Crippen LogP contribution in [0.25, 0.3) is 0 Å². The number of rotatable bonds is 5. The summed E-state index contributed by atoms with van der Waals surface area (Å²) in [6.07, 6.45) is 5.89. The van der Waals surface area contributed by atoms with Crippen molar-refractivity contribution in [2.75, 3.05) is 19.9 Å². The first kappa shape index (κ1) is 11.9. The van der Waals surface area contributed by atoms with Gasteiger partial charge in [-0.05, 0) is 24.8 Å². The highest BCUT2D eigenvalue weighted by Gasteiger charge is 2.21. The first-order valence-electron chi connectivity index (χ1n) is 5.73. The Kier molecular flexibility index (Phi) is 4.37. The molecule has 0 bridgehead atoms. The Morgan fingerprint density at radius 1 is 1.41 bits per heavy atom. The highest BCUT2D eigenvalue weighted by atomic mass is 16.7. The minimum atomic E-state index is 0.270. The molecule has 1 saturated carbocycles. The van der Waals surface area contributed by atoms with Crippen LogP contribution in [0.15, 0.2) is 18.5 Å². The zero-order valence-corrected chi connectivity index (χ0v) is 9.69. The quantitative estimate of drug-likeness (QED) is 0.470. The van der Waals surface area contributed by atoms with E-state index in [-0.39, 0.29) is 6.79 Å². The van der Waals surface area contributed by atoms with Crippen LogP contribution >= 0.6 is 0 Å². The number of ether oxygens (including phenoxy) is 2. The number of aromatic nitrogens is 1. The molecule has 1 aliphatic rings. The van der Waals surface area contributed by atoms with Gasteiger partial charge in [-0.25, -0.2) is 0 Å². The summed E-state index contributed by atoms with van der Waals surface area (Å²) in [4.78, 5) is 4.04. The molecular formula is C13H16N2O2. The van der Waals surface area contributed by atoms with E-state index in [0.717, 1.165) is 18.1 Å². The minimum absolute atomic E-state index is 0.270. The van der Waals surface area contributed by atoms with Gasteiger partial charge < -0.3 is 15.2 Å². The van der Waals surface area contributed by atoms with E-state index in [2.05, 4.69) is 16.8 Å². The summed E-state index contributed by atoms with van der Waals surface area (Å²) < 4.78 is 10.8. The van der Waals surface area contributed by atoms with Crippen LogP contribution in [0.5, 0.6) is 5.75 Å². The van der Waals surface area contributed by atoms with Gasteiger partial charge in [0.1, 0.15) is 5.75 Å². The first-order valence-corrected chi connectivity index (χ1v) is 5.73. The number of hydrogen-bond donors (Lipinski definition) is 1. The van der Waals surface area contributed by atoms with E-state index < -0.39 is 0 Å². The van der Waals surface area contributed by atoms with Crippen molar-refractivity contribution in [3.8, 4) is 17.6 Å². The highest BCUT2D eigenvalue weighted by molar-refractivity contribution is 5.36. The van der Waals surface area contributed by atoms with Gasteiger partial charge in [0.05, 0.1) is 19.3 Å². The van der Waals surface area contributed by atoms with Crippen LogP contribution in [-0.4, -0.2) is 24.9 Å². The van der Waals surface area contributed by atoms with Crippen molar-refractivity contribution in [1.82, 2.24) is 4.98 Å². The van der Waals surface area contributed by atoms with Crippen molar-refractivity contribution in [2.45, 2.75) is 12.8 Å². The lowest BCUT2D eigenvalue weighted by Gasteiger charge is -2.06. The molecule has 90 valence electrons. The van der Waals surface area contributed by atoms with Gasteiger partial charge in [0.2, 0.25) is 0 Å². The van der Waals surface area contributed by atoms with Crippen LogP contribution < -0.4 is 10.5 Å². The number of hydrogen-bond acceptors (Lipinski definition) is 4. The van der Waals surface area contributed by atoms with Gasteiger partial charge in [-0.2, -0.15) is 0 Å². The summed E-state index contributed by atoms with van der Waals surface area (Å²) in [7, 11) is 0. The third-order valence-corrected chi connectivity index (χ3v) is 2.41. The summed E-state index contributed by atoms with van der Waals surface area (Å²) in [5.41, 5.74) is 6.10. The van der Waals surface area contributed by atoms with E-state index >= 15 is 0 Å². The van der Waals surface area contributed by atoms with Gasteiger partial charge in [-0.3, -0.25) is 4.98 Å². The second kappa shape index (κ2) is 6.24. The molecule has 1 aromatic heterocycles. The maximum Gasteiger partial charge on any atom is 0.189 e. The second-order valence-electron chi connectivity index (χ2n) is 3.99. The molecular weight excluding hydrogens is 216 g/mol. The monoisotopic (exact) mass is 232 g/mol. The van der Waals surface area contributed by atoms with E-state index in [0.29, 0.717) is 12.3 Å². The van der Waals surface area contributed by atoms with E-state index in [4.69, 9.17) is 15.2 Å². The lowest BCUT2D eigenvalue weighted by atomic mass is 10.3. The molecule has 0 unspecified atom stereocenters. The summed E-state index contributed by atoms with van der Waals surface area (Å²) >= 11 is 0. The molecule has 4 heteroatoms. The number of pyridine rings is 1. The highest BCUT2D eigenvalue weighted by Crippen LogP contribution is 2.28. The maximum absolute atomic E-state index is 5.42. The molecule has 0 aromatic carbocycles. The molecule has 0 amide bonds. The fraction of sp³-hybridized carbons (Fsp3) is 0.462. The van der Waals surface area contributed by atoms with Gasteiger partial charge in [-0.15, -0.1) is 0 Å². The molecule has 1 aromatic rings.